The van der Waals surface area contributed by atoms with Crippen LogP contribution in [0.4, 0.5) is 0 Å². The summed E-state index contributed by atoms with van der Waals surface area (Å²) >= 11 is 0. The zero-order chi connectivity index (χ0) is 11.8. The molecule has 0 aromatic heterocycles. The Balaban J connectivity index is 2.80. The van der Waals surface area contributed by atoms with Gasteiger partial charge in [-0.3, -0.25) is 9.59 Å². The van der Waals surface area contributed by atoms with E-state index >= 15 is 0 Å². The second-order valence-electron chi connectivity index (χ2n) is 5.13. The highest BCUT2D eigenvalue weighted by molar-refractivity contribution is 5.96. The average Bonchev–Trinajstić information content (AvgIpc) is 2.36. The topological polar surface area (TPSA) is 57.6 Å². The van der Waals surface area contributed by atoms with Crippen LogP contribution in [-0.2, 0) is 9.59 Å². The number of likely N-dealkylation sites (tertiary alicyclic amines) is 1. The normalized spacial score (nSPS) is 26.4. The third-order valence-electron chi connectivity index (χ3n) is 3.08. The van der Waals surface area contributed by atoms with Crippen LogP contribution in [0.3, 0.4) is 0 Å². The number of carboxylic acid groups (broad SMARTS) is 1. The molecule has 2 atom stereocenters. The lowest BCUT2D eigenvalue weighted by Gasteiger charge is -2.32. The minimum Gasteiger partial charge on any atom is -0.481 e. The fourth-order valence-corrected chi connectivity index (χ4v) is 2.31. The first-order valence-corrected chi connectivity index (χ1v) is 5.30. The number of amides is 1. The Labute approximate surface area is 90.3 Å². The molecular weight excluding hydrogens is 194 g/mol. The van der Waals surface area contributed by atoms with Crippen molar-refractivity contribution in [1.29, 1.82) is 0 Å². The van der Waals surface area contributed by atoms with Gasteiger partial charge in [0.2, 0.25) is 5.91 Å². The van der Waals surface area contributed by atoms with Gasteiger partial charge in [-0.15, -0.1) is 0 Å². The Kier molecular flexibility index (Phi) is 3.07. The van der Waals surface area contributed by atoms with Crippen molar-refractivity contribution < 1.29 is 14.7 Å². The number of carbonyl (C=O) groups is 2. The van der Waals surface area contributed by atoms with E-state index in [-0.39, 0.29) is 11.4 Å². The van der Waals surface area contributed by atoms with Gasteiger partial charge >= 0.3 is 5.97 Å². The van der Waals surface area contributed by atoms with Crippen molar-refractivity contribution in [3.8, 4) is 0 Å². The highest BCUT2D eigenvalue weighted by Gasteiger charge is 2.41. The van der Waals surface area contributed by atoms with Gasteiger partial charge in [0, 0.05) is 12.1 Å². The zero-order valence-electron chi connectivity index (χ0n) is 9.78. The molecule has 1 aliphatic heterocycles. The Morgan fingerprint density at radius 3 is 2.33 bits per heavy atom. The van der Waals surface area contributed by atoms with Gasteiger partial charge in [0.1, 0.15) is 5.92 Å². The van der Waals surface area contributed by atoms with Crippen LogP contribution in [0, 0.1) is 11.8 Å². The quantitative estimate of drug-likeness (QED) is 0.704. The van der Waals surface area contributed by atoms with Crippen molar-refractivity contribution in [2.45, 2.75) is 39.7 Å². The second-order valence-corrected chi connectivity index (χ2v) is 5.13. The molecule has 86 valence electrons. The first-order valence-electron chi connectivity index (χ1n) is 5.30. The lowest BCUT2D eigenvalue weighted by Crippen LogP contribution is -2.46. The van der Waals surface area contributed by atoms with E-state index in [0.717, 1.165) is 6.42 Å². The molecule has 4 heteroatoms. The minimum absolute atomic E-state index is 0.208. The molecule has 0 saturated carbocycles. The van der Waals surface area contributed by atoms with Crippen LogP contribution < -0.4 is 0 Å². The Morgan fingerprint density at radius 1 is 1.47 bits per heavy atom. The lowest BCUT2D eigenvalue weighted by atomic mass is 9.97. The molecule has 4 nitrogen and oxygen atoms in total. The summed E-state index contributed by atoms with van der Waals surface area (Å²) in [5.74, 6) is -1.80. The maximum atomic E-state index is 11.9. The molecule has 1 amide bonds. The van der Waals surface area contributed by atoms with E-state index in [4.69, 9.17) is 5.11 Å². The number of hydrogen-bond donors (Lipinski definition) is 1. The molecule has 1 aliphatic rings. The largest absolute Gasteiger partial charge is 0.481 e. The zero-order valence-corrected chi connectivity index (χ0v) is 9.78. The fourth-order valence-electron chi connectivity index (χ4n) is 2.31. The van der Waals surface area contributed by atoms with Crippen molar-refractivity contribution in [1.82, 2.24) is 4.90 Å². The van der Waals surface area contributed by atoms with Crippen molar-refractivity contribution in [3.05, 3.63) is 0 Å². The second kappa shape index (κ2) is 3.83. The molecule has 0 aliphatic carbocycles. The predicted molar refractivity (Wildman–Crippen MR) is 56.4 cm³/mol. The van der Waals surface area contributed by atoms with E-state index in [2.05, 4.69) is 6.92 Å². The predicted octanol–water partition coefficient (Wildman–Crippen LogP) is 1.35. The van der Waals surface area contributed by atoms with Crippen LogP contribution in [0.15, 0.2) is 0 Å². The van der Waals surface area contributed by atoms with Gasteiger partial charge in [0.05, 0.1) is 0 Å². The number of rotatable bonds is 2. The number of nitrogens with zero attached hydrogens (tertiary/aromatic N) is 1. The molecule has 0 spiro atoms. The van der Waals surface area contributed by atoms with Gasteiger partial charge in [0.15, 0.2) is 0 Å². The van der Waals surface area contributed by atoms with Crippen LogP contribution in [0.5, 0.6) is 0 Å². The standard InChI is InChI=1S/C11H19NO3/c1-7-5-11(3,4)12(6-7)9(13)8(2)10(14)15/h7-8H,5-6H2,1-4H3,(H,14,15). The summed E-state index contributed by atoms with van der Waals surface area (Å²) in [4.78, 5) is 24.3. The number of carboxylic acids is 1. The monoisotopic (exact) mass is 213 g/mol. The number of aliphatic carboxylic acids is 1. The van der Waals surface area contributed by atoms with Crippen molar-refractivity contribution >= 4 is 11.9 Å². The van der Waals surface area contributed by atoms with Crippen LogP contribution >= 0.6 is 0 Å². The first-order chi connectivity index (χ1) is 6.75. The van der Waals surface area contributed by atoms with Crippen molar-refractivity contribution in [2.75, 3.05) is 6.54 Å². The average molecular weight is 213 g/mol. The van der Waals surface area contributed by atoms with E-state index in [1.807, 2.05) is 13.8 Å². The molecular formula is C11H19NO3. The molecule has 0 radical (unpaired) electrons. The maximum absolute atomic E-state index is 11.9. The highest BCUT2D eigenvalue weighted by atomic mass is 16.4. The van der Waals surface area contributed by atoms with Gasteiger partial charge in [-0.1, -0.05) is 6.92 Å². The first kappa shape index (κ1) is 12.0. The Hall–Kier alpha value is -1.06. The van der Waals surface area contributed by atoms with Gasteiger partial charge in [-0.2, -0.15) is 0 Å². The summed E-state index contributed by atoms with van der Waals surface area (Å²) in [6, 6.07) is 0. The molecule has 1 fully saturated rings. The SMILES string of the molecule is CC1CN(C(=O)C(C)C(=O)O)C(C)(C)C1. The minimum atomic E-state index is -1.05. The fraction of sp³-hybridized carbons (Fsp3) is 0.818. The Morgan fingerprint density at radius 2 is 2.00 bits per heavy atom. The van der Waals surface area contributed by atoms with Gasteiger partial charge in [0.25, 0.3) is 0 Å². The summed E-state index contributed by atoms with van der Waals surface area (Å²) in [5, 5.41) is 8.80. The van der Waals surface area contributed by atoms with Crippen LogP contribution in [-0.4, -0.2) is 34.0 Å². The summed E-state index contributed by atoms with van der Waals surface area (Å²) in [6.45, 7) is 8.18. The van der Waals surface area contributed by atoms with Gasteiger partial charge in [-0.25, -0.2) is 0 Å². The summed E-state index contributed by atoms with van der Waals surface area (Å²) < 4.78 is 0. The van der Waals surface area contributed by atoms with Gasteiger partial charge < -0.3 is 10.0 Å². The Bertz CT molecular complexity index is 286. The molecule has 0 aromatic carbocycles. The molecule has 1 heterocycles. The molecule has 15 heavy (non-hydrogen) atoms. The van der Waals surface area contributed by atoms with E-state index in [0.29, 0.717) is 12.5 Å². The van der Waals surface area contributed by atoms with Crippen molar-refractivity contribution in [3.63, 3.8) is 0 Å². The van der Waals surface area contributed by atoms with Gasteiger partial charge in [-0.05, 0) is 33.1 Å². The molecule has 0 aromatic rings. The summed E-state index contributed by atoms with van der Waals surface area (Å²) in [7, 11) is 0. The van der Waals surface area contributed by atoms with Crippen LogP contribution in [0.25, 0.3) is 0 Å². The third kappa shape index (κ3) is 2.30. The van der Waals surface area contributed by atoms with Crippen molar-refractivity contribution in [2.24, 2.45) is 11.8 Å². The van der Waals surface area contributed by atoms with E-state index in [1.54, 1.807) is 4.90 Å². The molecule has 1 saturated heterocycles. The lowest BCUT2D eigenvalue weighted by molar-refractivity contribution is -0.151. The molecule has 1 rings (SSSR count). The molecule has 0 bridgehead atoms. The smallest absolute Gasteiger partial charge is 0.315 e. The molecule has 1 N–H and O–H groups in total. The third-order valence-corrected chi connectivity index (χ3v) is 3.08. The summed E-state index contributed by atoms with van der Waals surface area (Å²) in [6.07, 6.45) is 0.936. The maximum Gasteiger partial charge on any atom is 0.315 e. The number of hydrogen-bond acceptors (Lipinski definition) is 2. The number of carbonyl (C=O) groups excluding carboxylic acids is 1. The van der Waals surface area contributed by atoms with E-state index in [1.165, 1.54) is 6.92 Å². The van der Waals surface area contributed by atoms with E-state index < -0.39 is 11.9 Å². The van der Waals surface area contributed by atoms with Crippen LogP contribution in [0.2, 0.25) is 0 Å². The van der Waals surface area contributed by atoms with E-state index in [9.17, 15) is 9.59 Å². The van der Waals surface area contributed by atoms with Crippen LogP contribution in [0.1, 0.15) is 34.1 Å². The molecule has 2 unspecified atom stereocenters. The highest BCUT2D eigenvalue weighted by Crippen LogP contribution is 2.33. The summed E-state index contributed by atoms with van der Waals surface area (Å²) in [5.41, 5.74) is -0.208.